The molecule has 4 rings (SSSR count). The van der Waals surface area contributed by atoms with Crippen LogP contribution in [0.1, 0.15) is 23.6 Å². The van der Waals surface area contributed by atoms with Crippen molar-refractivity contribution in [3.05, 3.63) is 83.7 Å². The molecule has 2 heterocycles. The summed E-state index contributed by atoms with van der Waals surface area (Å²) < 4.78 is 1.73. The Balaban J connectivity index is 1.42. The SMILES string of the molecule is Cc1ccc(C2(C)NC(=O)N(CC(=O)N(C)Cc3cnn(-c4ccccc4)c3)C2=O)cc1. The van der Waals surface area contributed by atoms with Crippen molar-refractivity contribution in [1.82, 2.24) is 24.9 Å². The van der Waals surface area contributed by atoms with Crippen LogP contribution >= 0.6 is 0 Å². The van der Waals surface area contributed by atoms with E-state index in [9.17, 15) is 14.4 Å². The minimum atomic E-state index is -1.19. The van der Waals surface area contributed by atoms with Crippen molar-refractivity contribution >= 4 is 17.8 Å². The number of rotatable bonds is 6. The second-order valence-electron chi connectivity index (χ2n) is 8.19. The van der Waals surface area contributed by atoms with E-state index in [1.807, 2.05) is 67.7 Å². The highest BCUT2D eigenvalue weighted by atomic mass is 16.2. The van der Waals surface area contributed by atoms with Gasteiger partial charge in [0.15, 0.2) is 0 Å². The standard InChI is InChI=1S/C24H25N5O3/c1-17-9-11-19(12-10-17)24(2)22(31)28(23(32)26-24)16-21(30)27(3)14-18-13-25-29(15-18)20-7-5-4-6-8-20/h4-13,15H,14,16H2,1-3H3,(H,26,32). The van der Waals surface area contributed by atoms with Gasteiger partial charge in [-0.05, 0) is 31.5 Å². The Bertz CT molecular complexity index is 1160. The maximum absolute atomic E-state index is 13.1. The summed E-state index contributed by atoms with van der Waals surface area (Å²) in [5, 5.41) is 7.07. The van der Waals surface area contributed by atoms with E-state index in [1.165, 1.54) is 4.90 Å². The van der Waals surface area contributed by atoms with Crippen LogP contribution in [0.5, 0.6) is 0 Å². The van der Waals surface area contributed by atoms with Crippen molar-refractivity contribution in [2.45, 2.75) is 25.9 Å². The van der Waals surface area contributed by atoms with Crippen molar-refractivity contribution in [1.29, 1.82) is 0 Å². The predicted molar refractivity (Wildman–Crippen MR) is 119 cm³/mol. The quantitative estimate of drug-likeness (QED) is 0.608. The molecule has 1 unspecified atom stereocenters. The number of amides is 4. The highest BCUT2D eigenvalue weighted by Crippen LogP contribution is 2.29. The number of hydrogen-bond acceptors (Lipinski definition) is 4. The maximum Gasteiger partial charge on any atom is 0.325 e. The minimum absolute atomic E-state index is 0.310. The smallest absolute Gasteiger partial charge is 0.325 e. The van der Waals surface area contributed by atoms with Gasteiger partial charge in [0.25, 0.3) is 5.91 Å². The normalized spacial score (nSPS) is 18.0. The fourth-order valence-electron chi connectivity index (χ4n) is 3.70. The zero-order valence-electron chi connectivity index (χ0n) is 18.3. The van der Waals surface area contributed by atoms with Gasteiger partial charge in [-0.25, -0.2) is 9.48 Å². The summed E-state index contributed by atoms with van der Waals surface area (Å²) in [6.45, 7) is 3.59. The summed E-state index contributed by atoms with van der Waals surface area (Å²) >= 11 is 0. The van der Waals surface area contributed by atoms with Crippen LogP contribution in [0, 0.1) is 6.92 Å². The summed E-state index contributed by atoms with van der Waals surface area (Å²) in [6, 6.07) is 16.5. The number of imide groups is 1. The van der Waals surface area contributed by atoms with Crippen LogP contribution in [0.3, 0.4) is 0 Å². The van der Waals surface area contributed by atoms with Crippen molar-refractivity contribution in [2.24, 2.45) is 0 Å². The Hall–Kier alpha value is -3.94. The highest BCUT2D eigenvalue weighted by Gasteiger charge is 2.49. The highest BCUT2D eigenvalue weighted by molar-refractivity contribution is 6.09. The van der Waals surface area contributed by atoms with Gasteiger partial charge in [0.2, 0.25) is 5.91 Å². The van der Waals surface area contributed by atoms with Crippen molar-refractivity contribution in [3.63, 3.8) is 0 Å². The molecular weight excluding hydrogens is 406 g/mol. The first-order valence-electron chi connectivity index (χ1n) is 10.3. The van der Waals surface area contributed by atoms with Crippen LogP contribution in [-0.2, 0) is 21.7 Å². The van der Waals surface area contributed by atoms with Crippen LogP contribution in [-0.4, -0.2) is 51.0 Å². The van der Waals surface area contributed by atoms with Crippen molar-refractivity contribution in [2.75, 3.05) is 13.6 Å². The third-order valence-electron chi connectivity index (χ3n) is 5.70. The first kappa shape index (κ1) is 21.3. The molecule has 0 aliphatic carbocycles. The van der Waals surface area contributed by atoms with E-state index in [-0.39, 0.29) is 12.5 Å². The number of para-hydroxylation sites is 1. The summed E-state index contributed by atoms with van der Waals surface area (Å²) in [6.07, 6.45) is 3.54. The molecule has 1 aromatic heterocycles. The molecule has 1 aliphatic heterocycles. The predicted octanol–water partition coefficient (Wildman–Crippen LogP) is 2.61. The van der Waals surface area contributed by atoms with E-state index in [1.54, 1.807) is 24.9 Å². The Morgan fingerprint density at radius 1 is 1.09 bits per heavy atom. The molecule has 1 fully saturated rings. The van der Waals surface area contributed by atoms with Gasteiger partial charge in [-0.15, -0.1) is 0 Å². The fourth-order valence-corrected chi connectivity index (χ4v) is 3.70. The monoisotopic (exact) mass is 431 g/mol. The van der Waals surface area contributed by atoms with Crippen LogP contribution in [0.15, 0.2) is 67.0 Å². The van der Waals surface area contributed by atoms with Gasteiger partial charge in [-0.1, -0.05) is 48.0 Å². The molecule has 164 valence electrons. The Morgan fingerprint density at radius 2 is 1.78 bits per heavy atom. The molecule has 0 spiro atoms. The summed E-state index contributed by atoms with van der Waals surface area (Å²) in [5.74, 6) is -0.779. The molecule has 3 aromatic rings. The molecule has 1 atom stereocenters. The molecule has 1 aliphatic rings. The number of benzene rings is 2. The van der Waals surface area contributed by atoms with Crippen molar-refractivity contribution < 1.29 is 14.4 Å². The van der Waals surface area contributed by atoms with E-state index < -0.39 is 17.5 Å². The van der Waals surface area contributed by atoms with Gasteiger partial charge < -0.3 is 10.2 Å². The van der Waals surface area contributed by atoms with Gasteiger partial charge in [0.1, 0.15) is 12.1 Å². The molecule has 2 aromatic carbocycles. The lowest BCUT2D eigenvalue weighted by molar-refractivity contribution is -0.138. The molecule has 8 heteroatoms. The van der Waals surface area contributed by atoms with Crippen molar-refractivity contribution in [3.8, 4) is 5.69 Å². The van der Waals surface area contributed by atoms with Crippen LogP contribution < -0.4 is 5.32 Å². The van der Waals surface area contributed by atoms with Gasteiger partial charge >= 0.3 is 6.03 Å². The number of aromatic nitrogens is 2. The Kier molecular flexibility index (Phi) is 5.52. The average molecular weight is 431 g/mol. The molecule has 32 heavy (non-hydrogen) atoms. The third-order valence-corrected chi connectivity index (χ3v) is 5.70. The fraction of sp³-hybridized carbons (Fsp3) is 0.250. The zero-order valence-corrected chi connectivity index (χ0v) is 18.3. The van der Waals surface area contributed by atoms with Crippen LogP contribution in [0.4, 0.5) is 4.79 Å². The number of carbonyl (C=O) groups excluding carboxylic acids is 3. The maximum atomic E-state index is 13.1. The minimum Gasteiger partial charge on any atom is -0.340 e. The average Bonchev–Trinajstić information content (AvgIpc) is 3.33. The number of likely N-dealkylation sites (N-methyl/N-ethyl adjacent to an activating group) is 1. The second kappa shape index (κ2) is 8.30. The van der Waals surface area contributed by atoms with Crippen LogP contribution in [0.25, 0.3) is 5.69 Å². The Morgan fingerprint density at radius 3 is 2.47 bits per heavy atom. The second-order valence-corrected chi connectivity index (χ2v) is 8.19. The first-order chi connectivity index (χ1) is 15.3. The van der Waals surface area contributed by atoms with Gasteiger partial charge in [0, 0.05) is 25.4 Å². The molecule has 0 bridgehead atoms. The number of nitrogens with zero attached hydrogens (tertiary/aromatic N) is 4. The topological polar surface area (TPSA) is 87.5 Å². The van der Waals surface area contributed by atoms with E-state index in [0.29, 0.717) is 12.1 Å². The summed E-state index contributed by atoms with van der Waals surface area (Å²) in [7, 11) is 1.64. The third kappa shape index (κ3) is 3.99. The van der Waals surface area contributed by atoms with E-state index in [2.05, 4.69) is 10.4 Å². The van der Waals surface area contributed by atoms with Gasteiger partial charge in [0.05, 0.1) is 11.9 Å². The number of nitrogens with one attached hydrogen (secondary N) is 1. The summed E-state index contributed by atoms with van der Waals surface area (Å²) in [5.41, 5.74) is 2.30. The van der Waals surface area contributed by atoms with Gasteiger partial charge in [-0.2, -0.15) is 5.10 Å². The Labute approximate surface area is 186 Å². The van der Waals surface area contributed by atoms with E-state index in [0.717, 1.165) is 21.7 Å². The van der Waals surface area contributed by atoms with Gasteiger partial charge in [-0.3, -0.25) is 14.5 Å². The lowest BCUT2D eigenvalue weighted by Crippen LogP contribution is -2.43. The first-order valence-corrected chi connectivity index (χ1v) is 10.3. The van der Waals surface area contributed by atoms with E-state index >= 15 is 0 Å². The lowest BCUT2D eigenvalue weighted by atomic mass is 9.91. The molecular formula is C24H25N5O3. The number of urea groups is 1. The molecule has 1 N–H and O–H groups in total. The zero-order chi connectivity index (χ0) is 22.9. The molecule has 8 nitrogen and oxygen atoms in total. The molecule has 0 saturated carbocycles. The van der Waals surface area contributed by atoms with Crippen LogP contribution in [0.2, 0.25) is 0 Å². The number of aryl methyl sites for hydroxylation is 1. The summed E-state index contributed by atoms with van der Waals surface area (Å²) in [4.78, 5) is 40.8. The lowest BCUT2D eigenvalue weighted by Gasteiger charge is -2.23. The number of carbonyl (C=O) groups is 3. The molecule has 0 radical (unpaired) electrons. The number of hydrogen-bond donors (Lipinski definition) is 1. The largest absolute Gasteiger partial charge is 0.340 e. The molecule has 4 amide bonds. The molecule has 1 saturated heterocycles. The van der Waals surface area contributed by atoms with E-state index in [4.69, 9.17) is 0 Å².